The van der Waals surface area contributed by atoms with E-state index in [0.717, 1.165) is 6.42 Å². The highest BCUT2D eigenvalue weighted by Gasteiger charge is 2.45. The van der Waals surface area contributed by atoms with Crippen LogP contribution in [0, 0.1) is 11.7 Å². The average Bonchev–Trinajstić information content (AvgIpc) is 2.35. The largest absolute Gasteiger partial charge is 0.462 e. The Hall–Kier alpha value is -1.11. The monoisotopic (exact) mass is 314 g/mol. The molecular formula is C12H15ClF4N2O. The first-order chi connectivity index (χ1) is 9.25. The second-order valence-corrected chi connectivity index (χ2v) is 4.83. The molecule has 114 valence electrons. The van der Waals surface area contributed by atoms with Crippen molar-refractivity contribution in [3.8, 4) is 5.88 Å². The SMILES string of the molecule is CCCCC(C)C(Oc1nc(Cl)ncc1F)C(F)(F)F. The molecule has 1 aromatic heterocycles. The molecule has 0 spiro atoms. The van der Waals surface area contributed by atoms with Gasteiger partial charge in [0.2, 0.25) is 11.1 Å². The summed E-state index contributed by atoms with van der Waals surface area (Å²) in [6.45, 7) is 3.29. The number of ether oxygens (including phenoxy) is 1. The summed E-state index contributed by atoms with van der Waals surface area (Å²) in [5.74, 6) is -2.68. The third-order valence-electron chi connectivity index (χ3n) is 2.77. The number of unbranched alkanes of at least 4 members (excludes halogenated alkanes) is 1. The quantitative estimate of drug-likeness (QED) is 0.576. The smallest absolute Gasteiger partial charge is 0.425 e. The Balaban J connectivity index is 2.92. The van der Waals surface area contributed by atoms with E-state index in [2.05, 4.69) is 9.97 Å². The predicted molar refractivity (Wildman–Crippen MR) is 66.2 cm³/mol. The van der Waals surface area contributed by atoms with E-state index < -0.39 is 29.9 Å². The molecule has 0 fully saturated rings. The maximum Gasteiger partial charge on any atom is 0.425 e. The molecule has 0 aliphatic carbocycles. The Bertz CT molecular complexity index is 442. The van der Waals surface area contributed by atoms with Crippen molar-refractivity contribution < 1.29 is 22.3 Å². The van der Waals surface area contributed by atoms with E-state index in [0.29, 0.717) is 19.0 Å². The minimum absolute atomic E-state index is 0.321. The molecule has 1 heterocycles. The van der Waals surface area contributed by atoms with Gasteiger partial charge in [0, 0.05) is 5.92 Å². The van der Waals surface area contributed by atoms with Gasteiger partial charge in [-0.1, -0.05) is 26.7 Å². The molecule has 2 atom stereocenters. The van der Waals surface area contributed by atoms with Crippen LogP contribution in [0.25, 0.3) is 0 Å². The Morgan fingerprint density at radius 2 is 2.05 bits per heavy atom. The molecule has 0 amide bonds. The summed E-state index contributed by atoms with van der Waals surface area (Å²) >= 11 is 5.43. The third-order valence-corrected chi connectivity index (χ3v) is 2.96. The number of alkyl halides is 3. The van der Waals surface area contributed by atoms with Gasteiger partial charge in [0.15, 0.2) is 6.10 Å². The summed E-state index contributed by atoms with van der Waals surface area (Å²) < 4.78 is 57.0. The van der Waals surface area contributed by atoms with Crippen LogP contribution in [0.2, 0.25) is 5.28 Å². The zero-order valence-electron chi connectivity index (χ0n) is 11.0. The average molecular weight is 315 g/mol. The van der Waals surface area contributed by atoms with Gasteiger partial charge in [-0.2, -0.15) is 22.5 Å². The zero-order valence-corrected chi connectivity index (χ0v) is 11.8. The van der Waals surface area contributed by atoms with Crippen molar-refractivity contribution in [2.75, 3.05) is 0 Å². The van der Waals surface area contributed by atoms with Crippen molar-refractivity contribution >= 4 is 11.6 Å². The van der Waals surface area contributed by atoms with Crippen LogP contribution in [0.1, 0.15) is 33.1 Å². The van der Waals surface area contributed by atoms with Crippen molar-refractivity contribution in [1.82, 2.24) is 9.97 Å². The molecule has 0 aliphatic heterocycles. The lowest BCUT2D eigenvalue weighted by molar-refractivity contribution is -0.210. The summed E-state index contributed by atoms with van der Waals surface area (Å²) in [6.07, 6.45) is -4.35. The summed E-state index contributed by atoms with van der Waals surface area (Å²) in [7, 11) is 0. The van der Waals surface area contributed by atoms with Crippen LogP contribution in [-0.2, 0) is 0 Å². The molecule has 20 heavy (non-hydrogen) atoms. The van der Waals surface area contributed by atoms with Gasteiger partial charge in [0.1, 0.15) is 0 Å². The fourth-order valence-corrected chi connectivity index (χ4v) is 1.84. The van der Waals surface area contributed by atoms with Crippen molar-refractivity contribution in [3.63, 3.8) is 0 Å². The Morgan fingerprint density at radius 3 is 2.60 bits per heavy atom. The van der Waals surface area contributed by atoms with Gasteiger partial charge < -0.3 is 4.74 Å². The molecule has 0 aromatic carbocycles. The van der Waals surface area contributed by atoms with E-state index in [4.69, 9.17) is 16.3 Å². The first-order valence-corrected chi connectivity index (χ1v) is 6.55. The number of hydrogen-bond donors (Lipinski definition) is 0. The van der Waals surface area contributed by atoms with Gasteiger partial charge in [-0.3, -0.25) is 0 Å². The molecule has 0 aliphatic rings. The minimum Gasteiger partial charge on any atom is -0.462 e. The Labute approximate surface area is 119 Å². The molecule has 2 unspecified atom stereocenters. The lowest BCUT2D eigenvalue weighted by Gasteiger charge is -2.26. The highest BCUT2D eigenvalue weighted by atomic mass is 35.5. The van der Waals surface area contributed by atoms with Gasteiger partial charge in [0.25, 0.3) is 5.88 Å². The van der Waals surface area contributed by atoms with Gasteiger partial charge in [-0.25, -0.2) is 4.98 Å². The first-order valence-electron chi connectivity index (χ1n) is 6.17. The van der Waals surface area contributed by atoms with Crippen LogP contribution in [-0.4, -0.2) is 22.2 Å². The molecule has 1 aromatic rings. The van der Waals surface area contributed by atoms with Crippen LogP contribution in [0.5, 0.6) is 5.88 Å². The molecule has 0 radical (unpaired) electrons. The number of rotatable bonds is 6. The second kappa shape index (κ2) is 7.06. The fourth-order valence-electron chi connectivity index (χ4n) is 1.72. The second-order valence-electron chi connectivity index (χ2n) is 4.49. The van der Waals surface area contributed by atoms with E-state index in [9.17, 15) is 17.6 Å². The van der Waals surface area contributed by atoms with Crippen molar-refractivity contribution in [2.45, 2.75) is 45.4 Å². The maximum atomic E-state index is 13.4. The topological polar surface area (TPSA) is 35.0 Å². The van der Waals surface area contributed by atoms with E-state index in [1.54, 1.807) is 0 Å². The highest BCUT2D eigenvalue weighted by Crippen LogP contribution is 2.32. The standard InChI is InChI=1S/C12H15ClF4N2O/c1-3-4-5-7(2)9(12(15,16)17)20-10-8(14)6-18-11(13)19-10/h6-7,9H,3-5H2,1-2H3. The summed E-state index contributed by atoms with van der Waals surface area (Å²) in [5, 5.41) is -0.372. The highest BCUT2D eigenvalue weighted by molar-refractivity contribution is 6.28. The number of halogens is 5. The minimum atomic E-state index is -4.61. The van der Waals surface area contributed by atoms with E-state index >= 15 is 0 Å². The molecule has 0 bridgehead atoms. The molecule has 3 nitrogen and oxygen atoms in total. The normalized spacial score (nSPS) is 14.9. The van der Waals surface area contributed by atoms with Crippen LogP contribution < -0.4 is 4.74 Å². The lowest BCUT2D eigenvalue weighted by atomic mass is 9.97. The Morgan fingerprint density at radius 1 is 1.40 bits per heavy atom. The van der Waals surface area contributed by atoms with Gasteiger partial charge in [-0.05, 0) is 18.0 Å². The molecule has 0 N–H and O–H groups in total. The van der Waals surface area contributed by atoms with E-state index in [-0.39, 0.29) is 5.28 Å². The summed E-state index contributed by atoms with van der Waals surface area (Å²) in [6, 6.07) is 0. The van der Waals surface area contributed by atoms with Crippen LogP contribution in [0.15, 0.2) is 6.20 Å². The van der Waals surface area contributed by atoms with Crippen LogP contribution in [0.4, 0.5) is 17.6 Å². The Kier molecular flexibility index (Phi) is 5.98. The number of hydrogen-bond acceptors (Lipinski definition) is 3. The number of nitrogens with zero attached hydrogens (tertiary/aromatic N) is 2. The van der Waals surface area contributed by atoms with E-state index in [1.807, 2.05) is 6.92 Å². The van der Waals surface area contributed by atoms with Crippen LogP contribution in [0.3, 0.4) is 0 Å². The molecule has 1 rings (SSSR count). The van der Waals surface area contributed by atoms with Crippen molar-refractivity contribution in [3.05, 3.63) is 17.3 Å². The predicted octanol–water partition coefficient (Wildman–Crippen LogP) is 4.41. The lowest BCUT2D eigenvalue weighted by Crippen LogP contribution is -2.40. The maximum absolute atomic E-state index is 13.4. The zero-order chi connectivity index (χ0) is 15.3. The summed E-state index contributed by atoms with van der Waals surface area (Å²) in [5.41, 5.74) is 0. The first kappa shape index (κ1) is 16.9. The molecule has 0 saturated carbocycles. The van der Waals surface area contributed by atoms with Crippen LogP contribution >= 0.6 is 11.6 Å². The summed E-state index contributed by atoms with van der Waals surface area (Å²) in [4.78, 5) is 6.67. The van der Waals surface area contributed by atoms with E-state index in [1.165, 1.54) is 6.92 Å². The van der Waals surface area contributed by atoms with Gasteiger partial charge in [-0.15, -0.1) is 0 Å². The molecular weight excluding hydrogens is 300 g/mol. The van der Waals surface area contributed by atoms with Crippen molar-refractivity contribution in [1.29, 1.82) is 0 Å². The number of aromatic nitrogens is 2. The molecule has 8 heteroatoms. The fraction of sp³-hybridized carbons (Fsp3) is 0.667. The van der Waals surface area contributed by atoms with Gasteiger partial charge in [0.05, 0.1) is 6.20 Å². The van der Waals surface area contributed by atoms with Crippen molar-refractivity contribution in [2.24, 2.45) is 5.92 Å². The third kappa shape index (κ3) is 4.77. The van der Waals surface area contributed by atoms with Gasteiger partial charge >= 0.3 is 6.18 Å². The molecule has 0 saturated heterocycles.